The van der Waals surface area contributed by atoms with Crippen LogP contribution in [-0.4, -0.2) is 21.0 Å². The van der Waals surface area contributed by atoms with E-state index < -0.39 is 0 Å². The number of halogens is 1. The van der Waals surface area contributed by atoms with Gasteiger partial charge in [0.1, 0.15) is 5.82 Å². The molecule has 2 N–H and O–H groups in total. The Balaban J connectivity index is 1.88. The van der Waals surface area contributed by atoms with Crippen LogP contribution >= 0.6 is 15.9 Å². The number of nitrogens with zero attached hydrogens (tertiary/aromatic N) is 3. The second kappa shape index (κ2) is 8.76. The van der Waals surface area contributed by atoms with Crippen LogP contribution in [0.25, 0.3) is 11.4 Å². The molecule has 26 heavy (non-hydrogen) atoms. The van der Waals surface area contributed by atoms with E-state index in [9.17, 15) is 0 Å². The van der Waals surface area contributed by atoms with E-state index in [1.165, 1.54) is 5.56 Å². The SMILES string of the molecule is CC[C@H](C)Nc1nc(NCc2ccccc2Br)cc(-c2ccccn2)n1. The Morgan fingerprint density at radius 1 is 1.04 bits per heavy atom. The summed E-state index contributed by atoms with van der Waals surface area (Å²) in [6, 6.07) is 16.2. The monoisotopic (exact) mass is 411 g/mol. The molecule has 0 aliphatic rings. The van der Waals surface area contributed by atoms with Crippen LogP contribution in [0.1, 0.15) is 25.8 Å². The predicted molar refractivity (Wildman–Crippen MR) is 110 cm³/mol. The lowest BCUT2D eigenvalue weighted by atomic mass is 10.2. The number of benzene rings is 1. The summed E-state index contributed by atoms with van der Waals surface area (Å²) >= 11 is 3.58. The third kappa shape index (κ3) is 4.79. The van der Waals surface area contributed by atoms with Crippen molar-refractivity contribution in [2.24, 2.45) is 0 Å². The average Bonchev–Trinajstić information content (AvgIpc) is 2.68. The Morgan fingerprint density at radius 2 is 1.85 bits per heavy atom. The Bertz CT molecular complexity index is 854. The van der Waals surface area contributed by atoms with Crippen molar-refractivity contribution in [3.63, 3.8) is 0 Å². The molecule has 0 saturated heterocycles. The van der Waals surface area contributed by atoms with Gasteiger partial charge in [-0.25, -0.2) is 4.98 Å². The Kier molecular flexibility index (Phi) is 6.17. The van der Waals surface area contributed by atoms with E-state index in [1.807, 2.05) is 42.5 Å². The van der Waals surface area contributed by atoms with Crippen LogP contribution in [0.2, 0.25) is 0 Å². The first-order chi connectivity index (χ1) is 12.7. The molecule has 2 aromatic heterocycles. The van der Waals surface area contributed by atoms with Gasteiger partial charge >= 0.3 is 0 Å². The molecule has 0 radical (unpaired) electrons. The summed E-state index contributed by atoms with van der Waals surface area (Å²) in [6.07, 6.45) is 2.77. The summed E-state index contributed by atoms with van der Waals surface area (Å²) in [5.74, 6) is 1.37. The van der Waals surface area contributed by atoms with Gasteiger partial charge < -0.3 is 10.6 Å². The normalized spacial score (nSPS) is 11.8. The molecule has 0 unspecified atom stereocenters. The van der Waals surface area contributed by atoms with Crippen LogP contribution in [0, 0.1) is 0 Å². The summed E-state index contributed by atoms with van der Waals surface area (Å²) in [4.78, 5) is 13.7. The lowest BCUT2D eigenvalue weighted by molar-refractivity contribution is 0.753. The van der Waals surface area contributed by atoms with Crippen molar-refractivity contribution in [3.05, 3.63) is 64.8 Å². The van der Waals surface area contributed by atoms with Crippen LogP contribution in [0.4, 0.5) is 11.8 Å². The minimum Gasteiger partial charge on any atom is -0.366 e. The first-order valence-corrected chi connectivity index (χ1v) is 9.49. The van der Waals surface area contributed by atoms with E-state index in [1.54, 1.807) is 6.20 Å². The van der Waals surface area contributed by atoms with Crippen LogP contribution in [0.5, 0.6) is 0 Å². The molecule has 134 valence electrons. The molecule has 3 rings (SSSR count). The Labute approximate surface area is 162 Å². The molecule has 1 atom stereocenters. The fourth-order valence-corrected chi connectivity index (χ4v) is 2.82. The van der Waals surface area contributed by atoms with Crippen LogP contribution in [0.3, 0.4) is 0 Å². The maximum atomic E-state index is 4.63. The van der Waals surface area contributed by atoms with Gasteiger partial charge in [0, 0.05) is 29.3 Å². The van der Waals surface area contributed by atoms with E-state index in [0.29, 0.717) is 18.5 Å². The number of nitrogens with one attached hydrogen (secondary N) is 2. The minimum absolute atomic E-state index is 0.296. The number of anilines is 2. The van der Waals surface area contributed by atoms with Gasteiger partial charge in [0.2, 0.25) is 5.95 Å². The van der Waals surface area contributed by atoms with Crippen LogP contribution in [-0.2, 0) is 6.54 Å². The van der Waals surface area contributed by atoms with E-state index in [4.69, 9.17) is 0 Å². The standard InChI is InChI=1S/C20H22BrN5/c1-3-14(2)24-20-25-18(17-10-6-7-11-22-17)12-19(26-20)23-13-15-8-4-5-9-16(15)21/h4-12,14H,3,13H2,1-2H3,(H2,23,24,25,26)/t14-/m0/s1. The van der Waals surface area contributed by atoms with Crippen molar-refractivity contribution in [2.75, 3.05) is 10.6 Å². The lowest BCUT2D eigenvalue weighted by Gasteiger charge is -2.14. The van der Waals surface area contributed by atoms with E-state index >= 15 is 0 Å². The second-order valence-corrected chi connectivity index (χ2v) is 6.93. The number of hydrogen-bond donors (Lipinski definition) is 2. The molecule has 0 amide bonds. The van der Waals surface area contributed by atoms with Crippen LogP contribution in [0.15, 0.2) is 59.2 Å². The number of aromatic nitrogens is 3. The molecule has 2 heterocycles. The lowest BCUT2D eigenvalue weighted by Crippen LogP contribution is -2.16. The van der Waals surface area contributed by atoms with Crippen molar-refractivity contribution in [1.29, 1.82) is 0 Å². The zero-order valence-electron chi connectivity index (χ0n) is 14.9. The molecule has 0 spiro atoms. The third-order valence-corrected chi connectivity index (χ3v) is 4.83. The zero-order valence-corrected chi connectivity index (χ0v) is 16.5. The molecule has 0 aliphatic carbocycles. The van der Waals surface area contributed by atoms with E-state index in [2.05, 4.69) is 61.4 Å². The van der Waals surface area contributed by atoms with Gasteiger partial charge in [-0.15, -0.1) is 0 Å². The minimum atomic E-state index is 0.296. The summed E-state index contributed by atoms with van der Waals surface area (Å²) in [7, 11) is 0. The third-order valence-electron chi connectivity index (χ3n) is 4.06. The number of hydrogen-bond acceptors (Lipinski definition) is 5. The largest absolute Gasteiger partial charge is 0.366 e. The molecular formula is C20H22BrN5. The zero-order chi connectivity index (χ0) is 18.4. The smallest absolute Gasteiger partial charge is 0.225 e. The second-order valence-electron chi connectivity index (χ2n) is 6.08. The van der Waals surface area contributed by atoms with Gasteiger partial charge in [-0.05, 0) is 37.1 Å². The maximum absolute atomic E-state index is 4.63. The summed E-state index contributed by atoms with van der Waals surface area (Å²) in [5.41, 5.74) is 2.79. The van der Waals surface area contributed by atoms with Crippen molar-refractivity contribution in [2.45, 2.75) is 32.9 Å². The molecule has 1 aromatic carbocycles. The van der Waals surface area contributed by atoms with Gasteiger partial charge in [-0.3, -0.25) is 4.98 Å². The van der Waals surface area contributed by atoms with Crippen molar-refractivity contribution in [3.8, 4) is 11.4 Å². The maximum Gasteiger partial charge on any atom is 0.225 e. The highest BCUT2D eigenvalue weighted by Crippen LogP contribution is 2.22. The Hall–Kier alpha value is -2.47. The predicted octanol–water partition coefficient (Wildman–Crippen LogP) is 5.12. The first-order valence-electron chi connectivity index (χ1n) is 8.70. The Morgan fingerprint density at radius 3 is 2.58 bits per heavy atom. The van der Waals surface area contributed by atoms with Crippen molar-refractivity contribution < 1.29 is 0 Å². The van der Waals surface area contributed by atoms with Gasteiger partial charge in [-0.1, -0.05) is 47.1 Å². The van der Waals surface area contributed by atoms with E-state index in [-0.39, 0.29) is 0 Å². The quantitative estimate of drug-likeness (QED) is 0.564. The summed E-state index contributed by atoms with van der Waals surface area (Å²) in [6.45, 7) is 4.92. The number of rotatable bonds is 7. The van der Waals surface area contributed by atoms with Gasteiger partial charge in [0.25, 0.3) is 0 Å². The highest BCUT2D eigenvalue weighted by Gasteiger charge is 2.10. The van der Waals surface area contributed by atoms with E-state index in [0.717, 1.165) is 28.1 Å². The van der Waals surface area contributed by atoms with Crippen molar-refractivity contribution in [1.82, 2.24) is 15.0 Å². The highest BCUT2D eigenvalue weighted by atomic mass is 79.9. The molecule has 3 aromatic rings. The topological polar surface area (TPSA) is 62.7 Å². The fourth-order valence-electron chi connectivity index (χ4n) is 2.40. The molecule has 5 nitrogen and oxygen atoms in total. The van der Waals surface area contributed by atoms with Gasteiger partial charge in [0.15, 0.2) is 0 Å². The molecular weight excluding hydrogens is 390 g/mol. The van der Waals surface area contributed by atoms with Gasteiger partial charge in [0.05, 0.1) is 11.4 Å². The fraction of sp³-hybridized carbons (Fsp3) is 0.250. The molecule has 0 aliphatic heterocycles. The van der Waals surface area contributed by atoms with Crippen LogP contribution < -0.4 is 10.6 Å². The van der Waals surface area contributed by atoms with Gasteiger partial charge in [-0.2, -0.15) is 4.98 Å². The summed E-state index contributed by atoms with van der Waals surface area (Å²) < 4.78 is 1.07. The molecule has 0 fully saturated rings. The first kappa shape index (κ1) is 18.3. The summed E-state index contributed by atoms with van der Waals surface area (Å²) in [5, 5.41) is 6.75. The molecule has 0 bridgehead atoms. The average molecular weight is 412 g/mol. The number of pyridine rings is 1. The molecule has 0 saturated carbocycles. The highest BCUT2D eigenvalue weighted by molar-refractivity contribution is 9.10. The molecule has 6 heteroatoms. The van der Waals surface area contributed by atoms with Crippen molar-refractivity contribution >= 4 is 27.7 Å².